The summed E-state index contributed by atoms with van der Waals surface area (Å²) in [6.07, 6.45) is 0. The lowest BCUT2D eigenvalue weighted by Gasteiger charge is -2.39. The maximum atomic E-state index is 13.2. The van der Waals surface area contributed by atoms with Gasteiger partial charge in [-0.3, -0.25) is 19.4 Å². The van der Waals surface area contributed by atoms with E-state index < -0.39 is 16.1 Å². The standard InChI is InChI=1S/C21H23ClN4O4S/c1-15(21(28)26-14-20(27)23-18-7-2-3-8-19(18)26)24-9-11-25(12-10-24)31(29,30)17-6-4-5-16(22)13-17/h2-8,13,15H,9-12,14H2,1H3,(H,23,27). The first-order chi connectivity index (χ1) is 14.8. The van der Waals surface area contributed by atoms with E-state index in [4.69, 9.17) is 11.6 Å². The van der Waals surface area contributed by atoms with Crippen LogP contribution in [0.4, 0.5) is 11.4 Å². The average Bonchev–Trinajstić information content (AvgIpc) is 2.77. The van der Waals surface area contributed by atoms with Crippen molar-refractivity contribution < 1.29 is 18.0 Å². The molecule has 2 aromatic rings. The fourth-order valence-electron chi connectivity index (χ4n) is 3.92. The maximum Gasteiger partial charge on any atom is 0.244 e. The Labute approximate surface area is 186 Å². The van der Waals surface area contributed by atoms with E-state index in [9.17, 15) is 18.0 Å². The largest absolute Gasteiger partial charge is 0.323 e. The molecule has 2 aliphatic heterocycles. The van der Waals surface area contributed by atoms with Gasteiger partial charge in [-0.05, 0) is 37.3 Å². The van der Waals surface area contributed by atoms with Crippen molar-refractivity contribution in [1.82, 2.24) is 9.21 Å². The molecule has 1 atom stereocenters. The molecule has 0 aromatic heterocycles. The van der Waals surface area contributed by atoms with Crippen molar-refractivity contribution in [3.05, 3.63) is 53.6 Å². The Morgan fingerprint density at radius 2 is 1.77 bits per heavy atom. The Kier molecular flexibility index (Phi) is 6.02. The van der Waals surface area contributed by atoms with Crippen LogP contribution < -0.4 is 10.2 Å². The van der Waals surface area contributed by atoms with E-state index in [1.165, 1.54) is 21.3 Å². The second kappa shape index (κ2) is 8.58. The lowest BCUT2D eigenvalue weighted by Crippen LogP contribution is -2.56. The third kappa shape index (κ3) is 4.31. The van der Waals surface area contributed by atoms with Gasteiger partial charge in [0.15, 0.2) is 0 Å². The Hall–Kier alpha value is -2.46. The van der Waals surface area contributed by atoms with Crippen molar-refractivity contribution in [2.75, 3.05) is 42.9 Å². The van der Waals surface area contributed by atoms with E-state index in [0.717, 1.165) is 0 Å². The summed E-state index contributed by atoms with van der Waals surface area (Å²) in [6, 6.07) is 12.9. The molecule has 2 heterocycles. The fourth-order valence-corrected chi connectivity index (χ4v) is 5.64. The molecule has 1 fully saturated rings. The van der Waals surface area contributed by atoms with Crippen LogP contribution >= 0.6 is 11.6 Å². The predicted octanol–water partition coefficient (Wildman–Crippen LogP) is 2.02. The first kappa shape index (κ1) is 21.8. The molecule has 31 heavy (non-hydrogen) atoms. The molecule has 0 radical (unpaired) electrons. The summed E-state index contributed by atoms with van der Waals surface area (Å²) in [5.74, 6) is -0.426. The van der Waals surface area contributed by atoms with E-state index in [1.54, 1.807) is 37.3 Å². The molecular weight excluding hydrogens is 440 g/mol. The Balaban J connectivity index is 1.44. The number of carbonyl (C=O) groups excluding carboxylic acids is 2. The molecule has 2 aliphatic rings. The second-order valence-corrected chi connectivity index (χ2v) is 9.94. The number of nitrogens with zero attached hydrogens (tertiary/aromatic N) is 3. The zero-order chi connectivity index (χ0) is 22.2. The summed E-state index contributed by atoms with van der Waals surface area (Å²) in [5, 5.41) is 3.14. The third-order valence-electron chi connectivity index (χ3n) is 5.65. The highest BCUT2D eigenvalue weighted by atomic mass is 35.5. The number of hydrogen-bond donors (Lipinski definition) is 1. The molecule has 2 aromatic carbocycles. The number of rotatable bonds is 4. The lowest BCUT2D eigenvalue weighted by atomic mass is 10.1. The Morgan fingerprint density at radius 1 is 1.06 bits per heavy atom. The number of amides is 2. The highest BCUT2D eigenvalue weighted by molar-refractivity contribution is 7.89. The van der Waals surface area contributed by atoms with Gasteiger partial charge >= 0.3 is 0 Å². The van der Waals surface area contributed by atoms with E-state index in [0.29, 0.717) is 29.5 Å². The van der Waals surface area contributed by atoms with Gasteiger partial charge in [0.2, 0.25) is 21.8 Å². The molecule has 4 rings (SSSR count). The Bertz CT molecular complexity index is 1120. The molecule has 0 bridgehead atoms. The fraction of sp³-hybridized carbons (Fsp3) is 0.333. The minimum atomic E-state index is -3.65. The van der Waals surface area contributed by atoms with Gasteiger partial charge in [-0.15, -0.1) is 0 Å². The normalized spacial score (nSPS) is 18.9. The number of fused-ring (bicyclic) bond motifs is 1. The number of benzene rings is 2. The lowest BCUT2D eigenvalue weighted by molar-refractivity contribution is -0.125. The van der Waals surface area contributed by atoms with Gasteiger partial charge in [0.25, 0.3) is 0 Å². The van der Waals surface area contributed by atoms with Gasteiger partial charge in [-0.25, -0.2) is 8.42 Å². The van der Waals surface area contributed by atoms with Crippen LogP contribution in [0.3, 0.4) is 0 Å². The highest BCUT2D eigenvalue weighted by Gasteiger charge is 2.35. The van der Waals surface area contributed by atoms with E-state index >= 15 is 0 Å². The number of nitrogens with one attached hydrogen (secondary N) is 1. The average molecular weight is 463 g/mol. The SMILES string of the molecule is CC(C(=O)N1CC(=O)Nc2ccccc21)N1CCN(S(=O)(=O)c2cccc(Cl)c2)CC1. The zero-order valence-electron chi connectivity index (χ0n) is 17.0. The predicted molar refractivity (Wildman–Crippen MR) is 119 cm³/mol. The summed E-state index contributed by atoms with van der Waals surface area (Å²) in [4.78, 5) is 28.9. The van der Waals surface area contributed by atoms with Crippen LogP contribution in [-0.4, -0.2) is 68.2 Å². The number of para-hydroxylation sites is 2. The van der Waals surface area contributed by atoms with Gasteiger partial charge in [0.05, 0.1) is 22.3 Å². The minimum Gasteiger partial charge on any atom is -0.323 e. The summed E-state index contributed by atoms with van der Waals surface area (Å²) in [7, 11) is -3.65. The molecule has 164 valence electrons. The van der Waals surface area contributed by atoms with Crippen LogP contribution in [0, 0.1) is 0 Å². The zero-order valence-corrected chi connectivity index (χ0v) is 18.6. The van der Waals surface area contributed by atoms with E-state index in [1.807, 2.05) is 11.0 Å². The number of halogens is 1. The number of sulfonamides is 1. The van der Waals surface area contributed by atoms with Crippen LogP contribution in [0.25, 0.3) is 0 Å². The quantitative estimate of drug-likeness (QED) is 0.750. The van der Waals surface area contributed by atoms with Crippen molar-refractivity contribution in [1.29, 1.82) is 0 Å². The first-order valence-electron chi connectivity index (χ1n) is 9.97. The van der Waals surface area contributed by atoms with Gasteiger partial charge in [-0.2, -0.15) is 4.31 Å². The number of carbonyl (C=O) groups is 2. The number of hydrogen-bond acceptors (Lipinski definition) is 5. The van der Waals surface area contributed by atoms with Gasteiger partial charge in [0.1, 0.15) is 6.54 Å². The van der Waals surface area contributed by atoms with Crippen LogP contribution in [0.1, 0.15) is 6.92 Å². The van der Waals surface area contributed by atoms with Crippen molar-refractivity contribution in [3.8, 4) is 0 Å². The molecule has 0 saturated carbocycles. The summed E-state index contributed by atoms with van der Waals surface area (Å²) in [5.41, 5.74) is 1.28. The van der Waals surface area contributed by atoms with Crippen LogP contribution in [-0.2, 0) is 19.6 Å². The van der Waals surface area contributed by atoms with Crippen LogP contribution in [0.5, 0.6) is 0 Å². The van der Waals surface area contributed by atoms with Crippen LogP contribution in [0.15, 0.2) is 53.4 Å². The Morgan fingerprint density at radius 3 is 2.48 bits per heavy atom. The maximum absolute atomic E-state index is 13.2. The number of piperazine rings is 1. The molecule has 1 unspecified atom stereocenters. The van der Waals surface area contributed by atoms with Crippen molar-refractivity contribution in [3.63, 3.8) is 0 Å². The second-order valence-electron chi connectivity index (χ2n) is 7.56. The summed E-state index contributed by atoms with van der Waals surface area (Å²) in [6.45, 7) is 3.11. The van der Waals surface area contributed by atoms with Crippen molar-refractivity contribution >= 4 is 44.8 Å². The smallest absolute Gasteiger partial charge is 0.244 e. The molecule has 10 heteroatoms. The molecular formula is C21H23ClN4O4S. The summed E-state index contributed by atoms with van der Waals surface area (Å²) < 4.78 is 27.2. The van der Waals surface area contributed by atoms with E-state index in [2.05, 4.69) is 5.32 Å². The minimum absolute atomic E-state index is 0.0384. The first-order valence-corrected chi connectivity index (χ1v) is 11.8. The monoisotopic (exact) mass is 462 g/mol. The molecule has 2 amide bonds. The molecule has 1 saturated heterocycles. The highest BCUT2D eigenvalue weighted by Crippen LogP contribution is 2.30. The molecule has 8 nitrogen and oxygen atoms in total. The van der Waals surface area contributed by atoms with Crippen LogP contribution in [0.2, 0.25) is 5.02 Å². The van der Waals surface area contributed by atoms with Crippen molar-refractivity contribution in [2.45, 2.75) is 17.9 Å². The molecule has 0 aliphatic carbocycles. The molecule has 1 N–H and O–H groups in total. The van der Waals surface area contributed by atoms with Gasteiger partial charge in [-0.1, -0.05) is 29.8 Å². The van der Waals surface area contributed by atoms with Gasteiger partial charge < -0.3 is 5.32 Å². The third-order valence-corrected chi connectivity index (χ3v) is 7.78. The molecule has 0 spiro atoms. The topological polar surface area (TPSA) is 90.0 Å². The number of anilines is 2. The van der Waals surface area contributed by atoms with Gasteiger partial charge in [0, 0.05) is 31.2 Å². The van der Waals surface area contributed by atoms with E-state index in [-0.39, 0.29) is 36.3 Å². The summed E-state index contributed by atoms with van der Waals surface area (Å²) >= 11 is 5.95. The van der Waals surface area contributed by atoms with Crippen molar-refractivity contribution in [2.24, 2.45) is 0 Å².